The molecule has 1 aromatic heterocycles. The molecule has 19 heavy (non-hydrogen) atoms. The van der Waals surface area contributed by atoms with E-state index >= 15 is 0 Å². The Kier molecular flexibility index (Phi) is 4.14. The molecule has 3 heteroatoms. The monoisotopic (exact) mass is 261 g/mol. The predicted octanol–water partition coefficient (Wildman–Crippen LogP) is 3.31. The second-order valence-corrected chi connectivity index (χ2v) is 6.95. The average molecular weight is 261 g/mol. The van der Waals surface area contributed by atoms with Crippen molar-refractivity contribution < 1.29 is 0 Å². The quantitative estimate of drug-likeness (QED) is 0.874. The fourth-order valence-electron chi connectivity index (χ4n) is 2.80. The van der Waals surface area contributed by atoms with Crippen molar-refractivity contribution in [1.82, 2.24) is 4.98 Å². The Morgan fingerprint density at radius 1 is 1.26 bits per heavy atom. The summed E-state index contributed by atoms with van der Waals surface area (Å²) in [4.78, 5) is 4.52. The molecule has 0 saturated heterocycles. The van der Waals surface area contributed by atoms with Gasteiger partial charge >= 0.3 is 0 Å². The van der Waals surface area contributed by atoms with Crippen LogP contribution in [0, 0.1) is 5.41 Å². The molecule has 1 aliphatic rings. The largest absolute Gasteiger partial charge is 0.369 e. The maximum atomic E-state index is 5.95. The van der Waals surface area contributed by atoms with E-state index in [2.05, 4.69) is 43.2 Å². The van der Waals surface area contributed by atoms with Crippen molar-refractivity contribution in [3.05, 3.63) is 23.9 Å². The Morgan fingerprint density at radius 3 is 2.42 bits per heavy atom. The predicted molar refractivity (Wildman–Crippen MR) is 81.4 cm³/mol. The molecule has 0 amide bonds. The summed E-state index contributed by atoms with van der Waals surface area (Å²) in [6, 6.07) is 4.25. The molecule has 106 valence electrons. The van der Waals surface area contributed by atoms with Gasteiger partial charge in [-0.05, 0) is 41.8 Å². The topological polar surface area (TPSA) is 50.9 Å². The second kappa shape index (κ2) is 5.49. The number of hydrogen-bond donors (Lipinski definition) is 2. The van der Waals surface area contributed by atoms with Gasteiger partial charge in [0.2, 0.25) is 0 Å². The van der Waals surface area contributed by atoms with E-state index in [0.29, 0.717) is 5.41 Å². The highest BCUT2D eigenvalue weighted by Crippen LogP contribution is 2.37. The third-order valence-electron chi connectivity index (χ3n) is 4.37. The standard InChI is InChI=1S/C16H27N3/c1-15(2,3)13-6-7-14(18-10-13)19-12-16(11-17)8-4-5-9-16/h6-7,10H,4-5,8-9,11-12,17H2,1-3H3,(H,18,19). The molecular weight excluding hydrogens is 234 g/mol. The van der Waals surface area contributed by atoms with Gasteiger partial charge in [0, 0.05) is 12.7 Å². The van der Waals surface area contributed by atoms with Crippen molar-refractivity contribution >= 4 is 5.82 Å². The maximum absolute atomic E-state index is 5.95. The van der Waals surface area contributed by atoms with Gasteiger partial charge < -0.3 is 11.1 Å². The van der Waals surface area contributed by atoms with Crippen LogP contribution < -0.4 is 11.1 Å². The van der Waals surface area contributed by atoms with Crippen molar-refractivity contribution in [2.24, 2.45) is 11.1 Å². The minimum Gasteiger partial charge on any atom is -0.369 e. The summed E-state index contributed by atoms with van der Waals surface area (Å²) in [5.74, 6) is 0.965. The van der Waals surface area contributed by atoms with E-state index in [1.807, 2.05) is 6.20 Å². The van der Waals surface area contributed by atoms with Gasteiger partial charge in [0.05, 0.1) is 0 Å². The smallest absolute Gasteiger partial charge is 0.125 e. The van der Waals surface area contributed by atoms with Gasteiger partial charge in [-0.15, -0.1) is 0 Å². The molecule has 3 N–H and O–H groups in total. The Hall–Kier alpha value is -1.09. The van der Waals surface area contributed by atoms with Crippen molar-refractivity contribution in [2.45, 2.75) is 51.9 Å². The number of pyridine rings is 1. The Bertz CT molecular complexity index is 397. The Morgan fingerprint density at radius 2 is 1.95 bits per heavy atom. The van der Waals surface area contributed by atoms with Gasteiger partial charge in [-0.25, -0.2) is 4.98 Å². The summed E-state index contributed by atoms with van der Waals surface area (Å²) < 4.78 is 0. The van der Waals surface area contributed by atoms with Crippen molar-refractivity contribution in [1.29, 1.82) is 0 Å². The van der Waals surface area contributed by atoms with Crippen molar-refractivity contribution in [3.63, 3.8) is 0 Å². The highest BCUT2D eigenvalue weighted by atomic mass is 15.0. The van der Waals surface area contributed by atoms with Gasteiger partial charge in [0.15, 0.2) is 0 Å². The lowest BCUT2D eigenvalue weighted by atomic mass is 9.86. The molecule has 0 atom stereocenters. The average Bonchev–Trinajstić information content (AvgIpc) is 2.85. The van der Waals surface area contributed by atoms with Gasteiger partial charge in [-0.1, -0.05) is 39.7 Å². The summed E-state index contributed by atoms with van der Waals surface area (Å²) in [6.45, 7) is 8.35. The minimum absolute atomic E-state index is 0.162. The van der Waals surface area contributed by atoms with Crippen LogP contribution in [-0.2, 0) is 5.41 Å². The Labute approximate surface area is 117 Å². The normalized spacial score (nSPS) is 18.5. The molecule has 1 aromatic rings. The van der Waals surface area contributed by atoms with E-state index in [0.717, 1.165) is 18.9 Å². The summed E-state index contributed by atoms with van der Waals surface area (Å²) >= 11 is 0. The van der Waals surface area contributed by atoms with Crippen LogP contribution in [0.2, 0.25) is 0 Å². The zero-order chi connectivity index (χ0) is 13.9. The summed E-state index contributed by atoms with van der Waals surface area (Å²) in [5.41, 5.74) is 7.68. The lowest BCUT2D eigenvalue weighted by molar-refractivity contribution is 0.332. The van der Waals surface area contributed by atoms with Gasteiger partial charge in [-0.2, -0.15) is 0 Å². The van der Waals surface area contributed by atoms with E-state index in [-0.39, 0.29) is 5.41 Å². The summed E-state index contributed by atoms with van der Waals surface area (Å²) in [7, 11) is 0. The molecule has 2 rings (SSSR count). The van der Waals surface area contributed by atoms with E-state index in [1.54, 1.807) is 0 Å². The highest BCUT2D eigenvalue weighted by Gasteiger charge is 2.32. The lowest BCUT2D eigenvalue weighted by Crippen LogP contribution is -2.34. The zero-order valence-electron chi connectivity index (χ0n) is 12.5. The first kappa shape index (κ1) is 14.3. The van der Waals surface area contributed by atoms with E-state index in [1.165, 1.54) is 31.2 Å². The fraction of sp³-hybridized carbons (Fsp3) is 0.688. The number of nitrogens with zero attached hydrogens (tertiary/aromatic N) is 1. The highest BCUT2D eigenvalue weighted by molar-refractivity contribution is 5.37. The second-order valence-electron chi connectivity index (χ2n) is 6.95. The Balaban J connectivity index is 1.96. The number of aromatic nitrogens is 1. The molecular formula is C16H27N3. The number of anilines is 1. The molecule has 0 unspecified atom stereocenters. The van der Waals surface area contributed by atoms with Crippen molar-refractivity contribution in [2.75, 3.05) is 18.4 Å². The SMILES string of the molecule is CC(C)(C)c1ccc(NCC2(CN)CCCC2)nc1. The minimum atomic E-state index is 0.162. The van der Waals surface area contributed by atoms with Crippen LogP contribution in [0.15, 0.2) is 18.3 Å². The van der Waals surface area contributed by atoms with Crippen LogP contribution in [0.3, 0.4) is 0 Å². The fourth-order valence-corrected chi connectivity index (χ4v) is 2.80. The number of nitrogens with two attached hydrogens (primary N) is 1. The van der Waals surface area contributed by atoms with Crippen LogP contribution in [0.4, 0.5) is 5.82 Å². The molecule has 0 bridgehead atoms. The van der Waals surface area contributed by atoms with Gasteiger partial charge in [0.1, 0.15) is 5.82 Å². The van der Waals surface area contributed by atoms with E-state index in [4.69, 9.17) is 5.73 Å². The third kappa shape index (κ3) is 3.47. The van der Waals surface area contributed by atoms with Gasteiger partial charge in [0.25, 0.3) is 0 Å². The molecule has 1 saturated carbocycles. The molecule has 3 nitrogen and oxygen atoms in total. The van der Waals surface area contributed by atoms with E-state index < -0.39 is 0 Å². The first-order valence-electron chi connectivity index (χ1n) is 7.36. The number of hydrogen-bond acceptors (Lipinski definition) is 3. The van der Waals surface area contributed by atoms with E-state index in [9.17, 15) is 0 Å². The molecule has 0 radical (unpaired) electrons. The van der Waals surface area contributed by atoms with Gasteiger partial charge in [-0.3, -0.25) is 0 Å². The first-order valence-corrected chi connectivity index (χ1v) is 7.36. The van der Waals surface area contributed by atoms with Crippen molar-refractivity contribution in [3.8, 4) is 0 Å². The summed E-state index contributed by atoms with van der Waals surface area (Å²) in [6.07, 6.45) is 7.10. The number of nitrogens with one attached hydrogen (secondary N) is 1. The van der Waals surface area contributed by atoms with Crippen LogP contribution in [0.5, 0.6) is 0 Å². The summed E-state index contributed by atoms with van der Waals surface area (Å²) in [5, 5.41) is 3.47. The lowest BCUT2D eigenvalue weighted by Gasteiger charge is -2.27. The van der Waals surface area contributed by atoms with Crippen LogP contribution in [0.1, 0.15) is 52.0 Å². The molecule has 0 aromatic carbocycles. The van der Waals surface area contributed by atoms with Crippen LogP contribution >= 0.6 is 0 Å². The number of rotatable bonds is 4. The van der Waals surface area contributed by atoms with Crippen LogP contribution in [-0.4, -0.2) is 18.1 Å². The third-order valence-corrected chi connectivity index (χ3v) is 4.37. The molecule has 0 aliphatic heterocycles. The van der Waals surface area contributed by atoms with Crippen LogP contribution in [0.25, 0.3) is 0 Å². The molecule has 1 fully saturated rings. The molecule has 1 heterocycles. The maximum Gasteiger partial charge on any atom is 0.125 e. The molecule has 1 aliphatic carbocycles. The molecule has 0 spiro atoms. The first-order chi connectivity index (χ1) is 8.95. The zero-order valence-corrected chi connectivity index (χ0v) is 12.5.